The monoisotopic (exact) mass is 276 g/mol. The molecule has 17 heavy (non-hydrogen) atoms. The van der Waals surface area contributed by atoms with Gasteiger partial charge in [0.15, 0.2) is 0 Å². The van der Waals surface area contributed by atoms with E-state index in [1.807, 2.05) is 0 Å². The molecule has 0 saturated carbocycles. The molecular formula is C10H10Cl2N2O3. The highest BCUT2D eigenvalue weighted by molar-refractivity contribution is 6.33. The van der Waals surface area contributed by atoms with E-state index in [0.29, 0.717) is 12.3 Å². The van der Waals surface area contributed by atoms with Crippen molar-refractivity contribution in [1.29, 1.82) is 0 Å². The van der Waals surface area contributed by atoms with Crippen molar-refractivity contribution in [1.82, 2.24) is 0 Å². The molecule has 0 aromatic heterocycles. The van der Waals surface area contributed by atoms with Crippen LogP contribution in [0, 0.1) is 10.1 Å². The minimum atomic E-state index is -0.551. The number of benzene rings is 1. The Balaban J connectivity index is 2.79. The third kappa shape index (κ3) is 4.20. The second-order valence-electron chi connectivity index (χ2n) is 3.26. The number of rotatable bonds is 5. The molecule has 0 atom stereocenters. The molecule has 7 heteroatoms. The maximum absolute atomic E-state index is 11.4. The predicted molar refractivity (Wildman–Crippen MR) is 66.7 cm³/mol. The maximum atomic E-state index is 11.4. The van der Waals surface area contributed by atoms with Gasteiger partial charge >= 0.3 is 0 Å². The summed E-state index contributed by atoms with van der Waals surface area (Å²) in [7, 11) is 0. The summed E-state index contributed by atoms with van der Waals surface area (Å²) in [4.78, 5) is 21.4. The van der Waals surface area contributed by atoms with E-state index in [0.717, 1.165) is 0 Å². The quantitative estimate of drug-likeness (QED) is 0.510. The molecule has 1 amide bonds. The molecule has 92 valence electrons. The normalized spacial score (nSPS) is 10.0. The number of alkyl halides is 1. The number of anilines is 1. The largest absolute Gasteiger partial charge is 0.325 e. The number of nitro groups is 1. The predicted octanol–water partition coefficient (Wildman–Crippen LogP) is 3.21. The summed E-state index contributed by atoms with van der Waals surface area (Å²) in [5.41, 5.74) is 0.113. The number of halogens is 2. The first-order valence-electron chi connectivity index (χ1n) is 4.84. The van der Waals surface area contributed by atoms with Crippen molar-refractivity contribution < 1.29 is 9.72 Å². The molecule has 1 rings (SSSR count). The third-order valence-corrected chi connectivity index (χ3v) is 2.57. The SMILES string of the molecule is O=C(CCCCl)Nc1cc([N+](=O)[O-])ccc1Cl. The van der Waals surface area contributed by atoms with Crippen LogP contribution in [0.2, 0.25) is 5.02 Å². The summed E-state index contributed by atoms with van der Waals surface area (Å²) in [5.74, 6) is 0.115. The maximum Gasteiger partial charge on any atom is 0.271 e. The van der Waals surface area contributed by atoms with Gasteiger partial charge < -0.3 is 5.32 Å². The molecular weight excluding hydrogens is 267 g/mol. The Labute approximate surface area is 108 Å². The number of nitrogens with zero attached hydrogens (tertiary/aromatic N) is 1. The molecule has 1 aromatic rings. The van der Waals surface area contributed by atoms with E-state index < -0.39 is 4.92 Å². The van der Waals surface area contributed by atoms with Crippen LogP contribution in [0.5, 0.6) is 0 Å². The van der Waals surface area contributed by atoms with E-state index in [2.05, 4.69) is 5.32 Å². The first-order valence-corrected chi connectivity index (χ1v) is 5.75. The van der Waals surface area contributed by atoms with Crippen LogP contribution in [0.3, 0.4) is 0 Å². The van der Waals surface area contributed by atoms with E-state index in [9.17, 15) is 14.9 Å². The van der Waals surface area contributed by atoms with Crippen LogP contribution in [0.4, 0.5) is 11.4 Å². The third-order valence-electron chi connectivity index (χ3n) is 1.97. The zero-order valence-electron chi connectivity index (χ0n) is 8.78. The van der Waals surface area contributed by atoms with Crippen molar-refractivity contribution in [3.8, 4) is 0 Å². The van der Waals surface area contributed by atoms with Gasteiger partial charge in [-0.25, -0.2) is 0 Å². The standard InChI is InChI=1S/C10H10Cl2N2O3/c11-5-1-2-10(15)13-9-6-7(14(16)17)3-4-8(9)12/h3-4,6H,1-2,5H2,(H,13,15). The zero-order chi connectivity index (χ0) is 12.8. The number of nitro benzene ring substituents is 1. The van der Waals surface area contributed by atoms with Crippen LogP contribution >= 0.6 is 23.2 Å². The number of amides is 1. The molecule has 0 saturated heterocycles. The summed E-state index contributed by atoms with van der Waals surface area (Å²) in [6.45, 7) is 0. The van der Waals surface area contributed by atoms with Crippen LogP contribution in [-0.4, -0.2) is 16.7 Å². The lowest BCUT2D eigenvalue weighted by molar-refractivity contribution is -0.384. The molecule has 0 fully saturated rings. The van der Waals surface area contributed by atoms with Gasteiger partial charge in [-0.15, -0.1) is 11.6 Å². The number of nitrogens with one attached hydrogen (secondary N) is 1. The van der Waals surface area contributed by atoms with Gasteiger partial charge in [-0.2, -0.15) is 0 Å². The molecule has 0 heterocycles. The fourth-order valence-electron chi connectivity index (χ4n) is 1.16. The number of carbonyl (C=O) groups excluding carboxylic acids is 1. The van der Waals surface area contributed by atoms with Crippen LogP contribution < -0.4 is 5.32 Å². The molecule has 0 bridgehead atoms. The summed E-state index contributed by atoms with van der Waals surface area (Å²) in [6, 6.07) is 3.87. The number of hydrogen-bond donors (Lipinski definition) is 1. The average Bonchev–Trinajstić information content (AvgIpc) is 2.29. The Morgan fingerprint density at radius 3 is 2.76 bits per heavy atom. The number of hydrogen-bond acceptors (Lipinski definition) is 3. The van der Waals surface area contributed by atoms with Gasteiger partial charge in [0.2, 0.25) is 5.91 Å². The minimum Gasteiger partial charge on any atom is -0.325 e. The lowest BCUT2D eigenvalue weighted by Gasteiger charge is -2.06. The van der Waals surface area contributed by atoms with E-state index in [1.165, 1.54) is 18.2 Å². The van der Waals surface area contributed by atoms with E-state index >= 15 is 0 Å². The molecule has 1 N–H and O–H groups in total. The topological polar surface area (TPSA) is 72.2 Å². The van der Waals surface area contributed by atoms with Crippen LogP contribution in [0.25, 0.3) is 0 Å². The van der Waals surface area contributed by atoms with Gasteiger partial charge in [-0.1, -0.05) is 11.6 Å². The minimum absolute atomic E-state index is 0.123. The highest BCUT2D eigenvalue weighted by Gasteiger charge is 2.11. The van der Waals surface area contributed by atoms with Gasteiger partial charge in [0, 0.05) is 24.4 Å². The zero-order valence-corrected chi connectivity index (χ0v) is 10.3. The van der Waals surface area contributed by atoms with Gasteiger partial charge in [0.05, 0.1) is 15.6 Å². The first kappa shape index (κ1) is 13.7. The molecule has 0 aliphatic heterocycles. The van der Waals surface area contributed by atoms with Crippen molar-refractivity contribution >= 4 is 40.5 Å². The smallest absolute Gasteiger partial charge is 0.271 e. The fraction of sp³-hybridized carbons (Fsp3) is 0.300. The van der Waals surface area contributed by atoms with Gasteiger partial charge in [-0.05, 0) is 12.5 Å². The van der Waals surface area contributed by atoms with Crippen LogP contribution in [0.15, 0.2) is 18.2 Å². The Bertz CT molecular complexity index is 438. The lowest BCUT2D eigenvalue weighted by Crippen LogP contribution is -2.11. The lowest BCUT2D eigenvalue weighted by atomic mass is 10.2. The fourth-order valence-corrected chi connectivity index (χ4v) is 1.46. The molecule has 1 aromatic carbocycles. The molecule has 5 nitrogen and oxygen atoms in total. The van der Waals surface area contributed by atoms with Crippen LogP contribution in [-0.2, 0) is 4.79 Å². The molecule has 0 aliphatic carbocycles. The van der Waals surface area contributed by atoms with E-state index in [4.69, 9.17) is 23.2 Å². The molecule has 0 unspecified atom stereocenters. The highest BCUT2D eigenvalue weighted by atomic mass is 35.5. The van der Waals surface area contributed by atoms with Crippen molar-refractivity contribution in [2.24, 2.45) is 0 Å². The van der Waals surface area contributed by atoms with Crippen molar-refractivity contribution in [2.45, 2.75) is 12.8 Å². The summed E-state index contributed by atoms with van der Waals surface area (Å²) < 4.78 is 0. The first-order chi connectivity index (χ1) is 8.04. The van der Waals surface area contributed by atoms with E-state index in [1.54, 1.807) is 0 Å². The Kier molecular flexibility index (Phi) is 5.18. The van der Waals surface area contributed by atoms with Crippen molar-refractivity contribution in [2.75, 3.05) is 11.2 Å². The second-order valence-corrected chi connectivity index (χ2v) is 4.05. The molecule has 0 aliphatic rings. The van der Waals surface area contributed by atoms with Crippen molar-refractivity contribution in [3.63, 3.8) is 0 Å². The Morgan fingerprint density at radius 1 is 1.47 bits per heavy atom. The number of non-ortho nitro benzene ring substituents is 1. The second kappa shape index (κ2) is 6.42. The molecule has 0 radical (unpaired) electrons. The van der Waals surface area contributed by atoms with Gasteiger partial charge in [-0.3, -0.25) is 14.9 Å². The van der Waals surface area contributed by atoms with Gasteiger partial charge in [0.25, 0.3) is 5.69 Å². The molecule has 0 spiro atoms. The average molecular weight is 277 g/mol. The summed E-state index contributed by atoms with van der Waals surface area (Å²) >= 11 is 11.3. The highest BCUT2D eigenvalue weighted by Crippen LogP contribution is 2.26. The van der Waals surface area contributed by atoms with Crippen molar-refractivity contribution in [3.05, 3.63) is 33.3 Å². The van der Waals surface area contributed by atoms with Gasteiger partial charge in [0.1, 0.15) is 0 Å². The van der Waals surface area contributed by atoms with Crippen LogP contribution in [0.1, 0.15) is 12.8 Å². The Morgan fingerprint density at radius 2 is 2.18 bits per heavy atom. The summed E-state index contributed by atoms with van der Waals surface area (Å²) in [5, 5.41) is 13.3. The van der Waals surface area contributed by atoms with E-state index in [-0.39, 0.29) is 28.7 Å². The Hall–Kier alpha value is -1.33. The summed E-state index contributed by atoms with van der Waals surface area (Å²) in [6.07, 6.45) is 0.794. The number of carbonyl (C=O) groups is 1.